The first-order chi connectivity index (χ1) is 10.3. The normalized spacial score (nSPS) is 16.2. The molecule has 1 aliphatic rings. The first kappa shape index (κ1) is 14.3. The van der Waals surface area contributed by atoms with Gasteiger partial charge in [0.25, 0.3) is 0 Å². The van der Waals surface area contributed by atoms with E-state index in [9.17, 15) is 4.79 Å². The topological polar surface area (TPSA) is 61.7 Å². The number of imidazole rings is 1. The molecule has 0 unspecified atom stereocenters. The van der Waals surface area contributed by atoms with Crippen LogP contribution in [-0.4, -0.2) is 41.5 Å². The van der Waals surface area contributed by atoms with Crippen molar-refractivity contribution in [1.82, 2.24) is 20.0 Å². The van der Waals surface area contributed by atoms with Crippen LogP contribution in [0.3, 0.4) is 0 Å². The lowest BCUT2D eigenvalue weighted by atomic mass is 10.3. The molecule has 3 rings (SSSR count). The minimum atomic E-state index is 0.0799. The van der Waals surface area contributed by atoms with E-state index in [-0.39, 0.29) is 5.91 Å². The van der Waals surface area contributed by atoms with Gasteiger partial charge in [0.05, 0.1) is 12.2 Å². The number of hydrogen-bond donors (Lipinski definition) is 2. The first-order valence-electron chi connectivity index (χ1n) is 7.46. The van der Waals surface area contributed by atoms with Crippen LogP contribution >= 0.6 is 11.3 Å². The summed E-state index contributed by atoms with van der Waals surface area (Å²) in [5, 5.41) is 8.40. The number of hydrogen-bond acceptors (Lipinski definition) is 5. The summed E-state index contributed by atoms with van der Waals surface area (Å²) < 4.78 is 2.13. The summed E-state index contributed by atoms with van der Waals surface area (Å²) in [6, 6.07) is 0. The Labute approximate surface area is 128 Å². The van der Waals surface area contributed by atoms with Crippen molar-refractivity contribution in [2.24, 2.45) is 0 Å². The fourth-order valence-electron chi connectivity index (χ4n) is 2.61. The van der Waals surface area contributed by atoms with Gasteiger partial charge in [-0.3, -0.25) is 9.20 Å². The largest absolute Gasteiger partial charge is 0.354 e. The number of carbonyl (C=O) groups is 1. The zero-order chi connectivity index (χ0) is 14.7. The number of nitrogens with one attached hydrogen (secondary N) is 2. The molecule has 0 aliphatic carbocycles. The van der Waals surface area contributed by atoms with Crippen LogP contribution in [0.2, 0.25) is 0 Å². The van der Waals surface area contributed by atoms with Gasteiger partial charge in [0.1, 0.15) is 0 Å². The highest BCUT2D eigenvalue weighted by molar-refractivity contribution is 7.15. The zero-order valence-electron chi connectivity index (χ0n) is 12.3. The van der Waals surface area contributed by atoms with Gasteiger partial charge in [-0.2, -0.15) is 0 Å². The second-order valence-electron chi connectivity index (χ2n) is 5.24. The SMILES string of the molecule is CCCNCc1c(N2CCCNC(=O)C2)nc2sccn12. The average Bonchev–Trinajstić information content (AvgIpc) is 2.98. The number of carbonyl (C=O) groups excluding carboxylic acids is 1. The molecule has 0 aromatic carbocycles. The molecule has 0 spiro atoms. The minimum absolute atomic E-state index is 0.0799. The Morgan fingerprint density at radius 3 is 3.29 bits per heavy atom. The van der Waals surface area contributed by atoms with Crippen molar-refractivity contribution in [2.75, 3.05) is 31.1 Å². The lowest BCUT2D eigenvalue weighted by Gasteiger charge is -2.20. The summed E-state index contributed by atoms with van der Waals surface area (Å²) in [4.78, 5) is 19.6. The summed E-state index contributed by atoms with van der Waals surface area (Å²) in [6.45, 7) is 5.93. The van der Waals surface area contributed by atoms with Crippen LogP contribution in [0.25, 0.3) is 4.96 Å². The van der Waals surface area contributed by atoms with Crippen molar-refractivity contribution in [3.8, 4) is 0 Å². The predicted octanol–water partition coefficient (Wildman–Crippen LogP) is 1.22. The Morgan fingerprint density at radius 2 is 2.43 bits per heavy atom. The van der Waals surface area contributed by atoms with Crippen LogP contribution in [0.15, 0.2) is 11.6 Å². The summed E-state index contributed by atoms with van der Waals surface area (Å²) >= 11 is 1.63. The van der Waals surface area contributed by atoms with Gasteiger partial charge in [0, 0.05) is 31.2 Å². The fraction of sp³-hybridized carbons (Fsp3) is 0.571. The van der Waals surface area contributed by atoms with Crippen LogP contribution in [0.4, 0.5) is 5.82 Å². The summed E-state index contributed by atoms with van der Waals surface area (Å²) in [7, 11) is 0. The molecule has 0 atom stereocenters. The molecule has 21 heavy (non-hydrogen) atoms. The molecule has 0 saturated carbocycles. The Balaban J connectivity index is 1.90. The van der Waals surface area contributed by atoms with E-state index in [0.29, 0.717) is 6.54 Å². The van der Waals surface area contributed by atoms with Crippen molar-refractivity contribution < 1.29 is 4.79 Å². The molecule has 2 aromatic heterocycles. The molecule has 114 valence electrons. The lowest BCUT2D eigenvalue weighted by molar-refractivity contribution is -0.119. The molecule has 3 heterocycles. The molecule has 1 saturated heterocycles. The van der Waals surface area contributed by atoms with E-state index in [4.69, 9.17) is 4.98 Å². The number of rotatable bonds is 5. The van der Waals surface area contributed by atoms with E-state index in [1.165, 1.54) is 0 Å². The van der Waals surface area contributed by atoms with Gasteiger partial charge in [0.2, 0.25) is 5.91 Å². The number of aromatic nitrogens is 2. The molecule has 1 amide bonds. The monoisotopic (exact) mass is 307 g/mol. The number of thiazole rings is 1. The Kier molecular flexibility index (Phi) is 4.40. The van der Waals surface area contributed by atoms with Crippen molar-refractivity contribution in [3.63, 3.8) is 0 Å². The molecule has 6 nitrogen and oxygen atoms in total. The van der Waals surface area contributed by atoms with E-state index >= 15 is 0 Å². The number of fused-ring (bicyclic) bond motifs is 1. The van der Waals surface area contributed by atoms with Crippen LogP contribution < -0.4 is 15.5 Å². The lowest BCUT2D eigenvalue weighted by Crippen LogP contribution is -2.34. The van der Waals surface area contributed by atoms with Gasteiger partial charge in [-0.1, -0.05) is 6.92 Å². The maximum absolute atomic E-state index is 11.8. The van der Waals surface area contributed by atoms with Gasteiger partial charge in [-0.05, 0) is 19.4 Å². The van der Waals surface area contributed by atoms with E-state index < -0.39 is 0 Å². The van der Waals surface area contributed by atoms with Gasteiger partial charge < -0.3 is 15.5 Å². The Morgan fingerprint density at radius 1 is 1.52 bits per heavy atom. The van der Waals surface area contributed by atoms with Gasteiger partial charge in [0.15, 0.2) is 10.8 Å². The van der Waals surface area contributed by atoms with E-state index in [2.05, 4.69) is 33.1 Å². The molecule has 0 radical (unpaired) electrons. The zero-order valence-corrected chi connectivity index (χ0v) is 13.1. The number of anilines is 1. The van der Waals surface area contributed by atoms with Crippen molar-refractivity contribution in [1.29, 1.82) is 0 Å². The molecule has 2 aromatic rings. The quantitative estimate of drug-likeness (QED) is 0.816. The highest BCUT2D eigenvalue weighted by Gasteiger charge is 2.22. The van der Waals surface area contributed by atoms with Gasteiger partial charge in [-0.15, -0.1) is 11.3 Å². The Bertz CT molecular complexity index is 620. The third kappa shape index (κ3) is 3.03. The van der Waals surface area contributed by atoms with E-state index in [1.54, 1.807) is 11.3 Å². The van der Waals surface area contributed by atoms with Crippen molar-refractivity contribution in [2.45, 2.75) is 26.3 Å². The van der Waals surface area contributed by atoms with Crippen LogP contribution in [0, 0.1) is 0 Å². The second-order valence-corrected chi connectivity index (χ2v) is 6.11. The third-order valence-corrected chi connectivity index (χ3v) is 4.38. The molecule has 2 N–H and O–H groups in total. The third-order valence-electron chi connectivity index (χ3n) is 3.62. The van der Waals surface area contributed by atoms with E-state index in [1.807, 2.05) is 5.38 Å². The average molecular weight is 307 g/mol. The summed E-state index contributed by atoms with van der Waals surface area (Å²) in [5.41, 5.74) is 1.15. The number of nitrogens with zero attached hydrogens (tertiary/aromatic N) is 3. The number of amides is 1. The first-order valence-corrected chi connectivity index (χ1v) is 8.34. The molecule has 0 bridgehead atoms. The summed E-state index contributed by atoms with van der Waals surface area (Å²) in [6.07, 6.45) is 4.11. The van der Waals surface area contributed by atoms with Gasteiger partial charge >= 0.3 is 0 Å². The van der Waals surface area contributed by atoms with Gasteiger partial charge in [-0.25, -0.2) is 4.98 Å². The van der Waals surface area contributed by atoms with Crippen molar-refractivity contribution >= 4 is 28.0 Å². The molecule has 1 fully saturated rings. The maximum Gasteiger partial charge on any atom is 0.239 e. The fourth-order valence-corrected chi connectivity index (χ4v) is 3.34. The summed E-state index contributed by atoms with van der Waals surface area (Å²) in [5.74, 6) is 1.03. The predicted molar refractivity (Wildman–Crippen MR) is 84.9 cm³/mol. The van der Waals surface area contributed by atoms with Crippen LogP contribution in [0.1, 0.15) is 25.5 Å². The maximum atomic E-state index is 11.8. The van der Waals surface area contributed by atoms with Crippen LogP contribution in [0.5, 0.6) is 0 Å². The minimum Gasteiger partial charge on any atom is -0.354 e. The molecule has 7 heteroatoms. The smallest absolute Gasteiger partial charge is 0.239 e. The second kappa shape index (κ2) is 6.44. The highest BCUT2D eigenvalue weighted by Crippen LogP contribution is 2.25. The molecular formula is C14H21N5OS. The standard InChI is InChI=1S/C14H21N5OS/c1-2-4-15-9-11-13(17-14-19(11)7-8-21-14)18-6-3-5-16-12(20)10-18/h7-8,15H,2-6,9-10H2,1H3,(H,16,20). The van der Waals surface area contributed by atoms with Crippen molar-refractivity contribution in [3.05, 3.63) is 17.3 Å². The highest BCUT2D eigenvalue weighted by atomic mass is 32.1. The molecular weight excluding hydrogens is 286 g/mol. The molecule has 1 aliphatic heterocycles. The Hall–Kier alpha value is -1.60. The van der Waals surface area contributed by atoms with Crippen LogP contribution in [-0.2, 0) is 11.3 Å². The van der Waals surface area contributed by atoms with E-state index in [0.717, 1.165) is 55.5 Å².